The lowest BCUT2D eigenvalue weighted by Crippen LogP contribution is -2.38. The Hall–Kier alpha value is -1.31. The van der Waals surface area contributed by atoms with Crippen LogP contribution in [0.5, 0.6) is 5.75 Å². The number of fused-ring (bicyclic) bond motifs is 2. The lowest BCUT2D eigenvalue weighted by molar-refractivity contribution is 0.385. The first-order valence-corrected chi connectivity index (χ1v) is 9.17. The molecule has 2 unspecified atom stereocenters. The molecular formula is C15H20N2O4S. The molecule has 0 amide bonds. The number of anilines is 1. The van der Waals surface area contributed by atoms with Crippen LogP contribution in [-0.4, -0.2) is 32.6 Å². The van der Waals surface area contributed by atoms with E-state index in [9.17, 15) is 8.42 Å². The number of nitrogens with one attached hydrogen (secondary N) is 1. The fourth-order valence-electron chi connectivity index (χ4n) is 4.34. The summed E-state index contributed by atoms with van der Waals surface area (Å²) in [4.78, 5) is 2.42. The van der Waals surface area contributed by atoms with Crippen molar-refractivity contribution in [3.63, 3.8) is 0 Å². The number of hydrogen-bond acceptors (Lipinski definition) is 5. The van der Waals surface area contributed by atoms with Crippen molar-refractivity contribution < 1.29 is 17.2 Å². The fraction of sp³-hybridized carbons (Fsp3) is 0.600. The van der Waals surface area contributed by atoms with Crippen molar-refractivity contribution in [3.05, 3.63) is 23.3 Å². The average Bonchev–Trinajstić information content (AvgIpc) is 2.80. The van der Waals surface area contributed by atoms with Gasteiger partial charge < -0.3 is 14.4 Å². The summed E-state index contributed by atoms with van der Waals surface area (Å²) in [5.41, 5.74) is 3.49. The van der Waals surface area contributed by atoms with E-state index in [-0.39, 0.29) is 5.75 Å². The Bertz CT molecular complexity index is 704. The summed E-state index contributed by atoms with van der Waals surface area (Å²) < 4.78 is 35.8. The van der Waals surface area contributed by atoms with Gasteiger partial charge in [0.05, 0.1) is 0 Å². The molecule has 0 bridgehead atoms. The molecule has 1 aromatic rings. The third-order valence-corrected chi connectivity index (χ3v) is 5.50. The molecule has 2 aliphatic heterocycles. The van der Waals surface area contributed by atoms with E-state index in [2.05, 4.69) is 10.2 Å². The van der Waals surface area contributed by atoms with Crippen LogP contribution in [0.25, 0.3) is 0 Å². The van der Waals surface area contributed by atoms with Gasteiger partial charge in [0.2, 0.25) is 0 Å². The summed E-state index contributed by atoms with van der Waals surface area (Å²) in [7, 11) is -4.49. The zero-order valence-corrected chi connectivity index (χ0v) is 13.1. The van der Waals surface area contributed by atoms with Gasteiger partial charge in [-0.2, -0.15) is 8.42 Å². The van der Waals surface area contributed by atoms with Crippen LogP contribution in [-0.2, 0) is 16.9 Å². The highest BCUT2D eigenvalue weighted by atomic mass is 32.3. The van der Waals surface area contributed by atoms with Gasteiger partial charge in [-0.25, -0.2) is 0 Å². The van der Waals surface area contributed by atoms with E-state index in [4.69, 9.17) is 8.74 Å². The summed E-state index contributed by atoms with van der Waals surface area (Å²) in [6, 6.07) is 3.54. The minimum atomic E-state index is -4.49. The van der Waals surface area contributed by atoms with E-state index in [0.29, 0.717) is 18.4 Å². The molecule has 1 aliphatic carbocycles. The molecule has 3 aliphatic rings. The van der Waals surface area contributed by atoms with Crippen LogP contribution < -0.4 is 14.4 Å². The second kappa shape index (κ2) is 5.11. The van der Waals surface area contributed by atoms with Gasteiger partial charge in [0.25, 0.3) is 0 Å². The summed E-state index contributed by atoms with van der Waals surface area (Å²) >= 11 is 0. The molecule has 4 rings (SSSR count). The van der Waals surface area contributed by atoms with Crippen molar-refractivity contribution in [2.75, 3.05) is 24.5 Å². The summed E-state index contributed by atoms with van der Waals surface area (Å²) in [6.07, 6.45) is 3.60. The van der Waals surface area contributed by atoms with Crippen molar-refractivity contribution in [2.45, 2.75) is 31.7 Å². The molecule has 6 nitrogen and oxygen atoms in total. The summed E-state index contributed by atoms with van der Waals surface area (Å²) in [6.45, 7) is 3.67. The standard InChI is InChI=1S/C15H20N2O4S/c18-22(19,20)21-12-6-11-8-16-4-5-17-9-10-2-1-3-13(10)14(7-12)15(11)17/h6-7,10,13,16H,1-5,8-9H2,(H,18,19,20). The lowest BCUT2D eigenvalue weighted by atomic mass is 9.82. The quantitative estimate of drug-likeness (QED) is 0.806. The molecule has 2 heterocycles. The third-order valence-electron chi connectivity index (χ3n) is 5.10. The minimum Gasteiger partial charge on any atom is -0.369 e. The molecule has 0 aromatic heterocycles. The zero-order chi connectivity index (χ0) is 15.3. The predicted octanol–water partition coefficient (Wildman–Crippen LogP) is 1.68. The second-order valence-corrected chi connectivity index (χ2v) is 7.47. The number of hydrogen-bond donors (Lipinski definition) is 2. The normalized spacial score (nSPS) is 27.0. The van der Waals surface area contributed by atoms with E-state index in [1.54, 1.807) is 6.07 Å². The number of benzene rings is 1. The van der Waals surface area contributed by atoms with Crippen LogP contribution in [0.1, 0.15) is 36.3 Å². The lowest BCUT2D eigenvalue weighted by Gasteiger charge is -2.39. The first-order valence-electron chi connectivity index (χ1n) is 7.80. The highest BCUT2D eigenvalue weighted by Gasteiger charge is 2.38. The molecule has 2 N–H and O–H groups in total. The van der Waals surface area contributed by atoms with Gasteiger partial charge >= 0.3 is 10.4 Å². The topological polar surface area (TPSA) is 78.9 Å². The molecule has 2 atom stereocenters. The van der Waals surface area contributed by atoms with Gasteiger partial charge in [-0.3, -0.25) is 4.55 Å². The highest BCUT2D eigenvalue weighted by Crippen LogP contribution is 2.50. The van der Waals surface area contributed by atoms with Gasteiger partial charge in [0.1, 0.15) is 5.75 Å². The molecule has 1 fully saturated rings. The Kier molecular flexibility index (Phi) is 3.32. The minimum absolute atomic E-state index is 0.215. The van der Waals surface area contributed by atoms with E-state index in [1.807, 2.05) is 6.07 Å². The van der Waals surface area contributed by atoms with Gasteiger partial charge in [0.15, 0.2) is 0 Å². The smallest absolute Gasteiger partial charge is 0.369 e. The molecule has 7 heteroatoms. The Labute approximate surface area is 130 Å². The monoisotopic (exact) mass is 324 g/mol. The number of nitrogens with zero attached hydrogens (tertiary/aromatic N) is 1. The first kappa shape index (κ1) is 14.3. The van der Waals surface area contributed by atoms with Crippen LogP contribution in [0.15, 0.2) is 12.1 Å². The Morgan fingerprint density at radius 3 is 3.00 bits per heavy atom. The van der Waals surface area contributed by atoms with E-state index < -0.39 is 10.4 Å². The van der Waals surface area contributed by atoms with Crippen molar-refractivity contribution in [3.8, 4) is 5.75 Å². The molecule has 0 spiro atoms. The van der Waals surface area contributed by atoms with Crippen LogP contribution in [0.2, 0.25) is 0 Å². The summed E-state index contributed by atoms with van der Waals surface area (Å²) in [5, 5.41) is 3.37. The molecule has 120 valence electrons. The molecule has 0 saturated heterocycles. The predicted molar refractivity (Wildman–Crippen MR) is 82.6 cm³/mol. The average molecular weight is 324 g/mol. The van der Waals surface area contributed by atoms with Gasteiger partial charge in [-0.15, -0.1) is 0 Å². The van der Waals surface area contributed by atoms with Crippen LogP contribution in [0, 0.1) is 5.92 Å². The van der Waals surface area contributed by atoms with Crippen molar-refractivity contribution >= 4 is 16.1 Å². The molecule has 22 heavy (non-hydrogen) atoms. The Balaban J connectivity index is 1.85. The van der Waals surface area contributed by atoms with E-state index in [1.165, 1.54) is 24.1 Å². The van der Waals surface area contributed by atoms with Crippen molar-refractivity contribution in [2.24, 2.45) is 5.92 Å². The van der Waals surface area contributed by atoms with Crippen molar-refractivity contribution in [1.82, 2.24) is 5.32 Å². The maximum absolute atomic E-state index is 11.0. The van der Waals surface area contributed by atoms with Crippen LogP contribution >= 0.6 is 0 Å². The highest BCUT2D eigenvalue weighted by molar-refractivity contribution is 7.81. The van der Waals surface area contributed by atoms with Gasteiger partial charge in [-0.1, -0.05) is 6.42 Å². The summed E-state index contributed by atoms with van der Waals surface area (Å²) in [5.74, 6) is 1.33. The zero-order valence-electron chi connectivity index (χ0n) is 12.3. The molecule has 0 radical (unpaired) electrons. The number of rotatable bonds is 2. The maximum atomic E-state index is 11.0. The van der Waals surface area contributed by atoms with Crippen molar-refractivity contribution in [1.29, 1.82) is 0 Å². The van der Waals surface area contributed by atoms with Gasteiger partial charge in [-0.05, 0) is 47.9 Å². The molecular weight excluding hydrogens is 304 g/mol. The first-order chi connectivity index (χ1) is 10.5. The van der Waals surface area contributed by atoms with E-state index in [0.717, 1.165) is 31.6 Å². The second-order valence-electron chi connectivity index (χ2n) is 6.45. The Morgan fingerprint density at radius 1 is 1.32 bits per heavy atom. The van der Waals surface area contributed by atoms with Crippen LogP contribution in [0.3, 0.4) is 0 Å². The van der Waals surface area contributed by atoms with E-state index >= 15 is 0 Å². The van der Waals surface area contributed by atoms with Crippen LogP contribution in [0.4, 0.5) is 5.69 Å². The van der Waals surface area contributed by atoms with Gasteiger partial charge in [0, 0.05) is 31.9 Å². The fourth-order valence-corrected chi connectivity index (χ4v) is 4.68. The molecule has 1 saturated carbocycles. The molecule has 1 aromatic carbocycles. The third kappa shape index (κ3) is 2.47. The SMILES string of the molecule is O=S(=O)(O)Oc1cc2c3c(c1)C1CCCC1CN3CCNC2. The maximum Gasteiger partial charge on any atom is 0.446 e. The largest absolute Gasteiger partial charge is 0.446 e. The Morgan fingerprint density at radius 2 is 2.18 bits per heavy atom.